The van der Waals surface area contributed by atoms with E-state index in [1.165, 1.54) is 0 Å². The van der Waals surface area contributed by atoms with Crippen molar-refractivity contribution in [3.8, 4) is 0 Å². The van der Waals surface area contributed by atoms with Gasteiger partial charge in [0.15, 0.2) is 0 Å². The van der Waals surface area contributed by atoms with Gasteiger partial charge < -0.3 is 10.8 Å². The van der Waals surface area contributed by atoms with Gasteiger partial charge >= 0.3 is 5.97 Å². The van der Waals surface area contributed by atoms with Crippen LogP contribution < -0.4 is 5.73 Å². The van der Waals surface area contributed by atoms with Crippen molar-refractivity contribution in [1.29, 1.82) is 0 Å². The molecule has 1 aromatic rings. The third-order valence-corrected chi connectivity index (χ3v) is 2.45. The Hall–Kier alpha value is -1.35. The lowest BCUT2D eigenvalue weighted by Gasteiger charge is -2.27. The minimum atomic E-state index is -0.911. The zero-order valence-corrected chi connectivity index (χ0v) is 9.32. The Kier molecular flexibility index (Phi) is 3.15. The summed E-state index contributed by atoms with van der Waals surface area (Å²) in [6.45, 7) is 6.17. The Labute approximate surface area is 89.9 Å². The number of nitrogens with two attached hydrogens (primary N) is 1. The molecular formula is C12H17NO2. The minimum Gasteiger partial charge on any atom is -0.478 e. The van der Waals surface area contributed by atoms with Crippen LogP contribution in [0.1, 0.15) is 42.7 Å². The van der Waals surface area contributed by atoms with Gasteiger partial charge in [0, 0.05) is 6.04 Å². The van der Waals surface area contributed by atoms with Crippen molar-refractivity contribution < 1.29 is 9.90 Å². The summed E-state index contributed by atoms with van der Waals surface area (Å²) in [7, 11) is 0. The monoisotopic (exact) mass is 207 g/mol. The van der Waals surface area contributed by atoms with E-state index in [1.807, 2.05) is 0 Å². The molecule has 0 bridgehead atoms. The first-order valence-corrected chi connectivity index (χ1v) is 4.91. The molecule has 0 aromatic heterocycles. The minimum absolute atomic E-state index is 0.0231. The van der Waals surface area contributed by atoms with E-state index in [-0.39, 0.29) is 11.5 Å². The quantitative estimate of drug-likeness (QED) is 0.782. The van der Waals surface area contributed by atoms with E-state index >= 15 is 0 Å². The molecule has 3 nitrogen and oxygen atoms in total. The smallest absolute Gasteiger partial charge is 0.335 e. The fourth-order valence-corrected chi connectivity index (χ4v) is 1.33. The molecule has 0 fully saturated rings. The number of benzene rings is 1. The van der Waals surface area contributed by atoms with Crippen LogP contribution in [0, 0.1) is 5.41 Å². The fraction of sp³-hybridized carbons (Fsp3) is 0.417. The summed E-state index contributed by atoms with van der Waals surface area (Å²) >= 11 is 0. The number of carboxylic acid groups (broad SMARTS) is 1. The molecular weight excluding hydrogens is 190 g/mol. The predicted octanol–water partition coefficient (Wildman–Crippen LogP) is 2.43. The molecule has 82 valence electrons. The molecule has 0 aliphatic rings. The van der Waals surface area contributed by atoms with E-state index < -0.39 is 5.97 Å². The van der Waals surface area contributed by atoms with Crippen LogP contribution in [0.2, 0.25) is 0 Å². The highest BCUT2D eigenvalue weighted by Crippen LogP contribution is 2.30. The van der Waals surface area contributed by atoms with Gasteiger partial charge in [-0.3, -0.25) is 0 Å². The predicted molar refractivity (Wildman–Crippen MR) is 59.8 cm³/mol. The standard InChI is InChI=1S/C12H17NO2/c1-12(2,3)10(13)8-4-6-9(7-5-8)11(14)15/h4-7,10H,13H2,1-3H3,(H,14,15)/t10-/m0/s1. The van der Waals surface area contributed by atoms with E-state index in [1.54, 1.807) is 24.3 Å². The summed E-state index contributed by atoms with van der Waals surface area (Å²) < 4.78 is 0. The topological polar surface area (TPSA) is 63.3 Å². The van der Waals surface area contributed by atoms with Gasteiger partial charge in [-0.05, 0) is 23.1 Å². The van der Waals surface area contributed by atoms with Gasteiger partial charge in [-0.25, -0.2) is 4.79 Å². The number of rotatable bonds is 2. The van der Waals surface area contributed by atoms with Gasteiger partial charge in [0.2, 0.25) is 0 Å². The van der Waals surface area contributed by atoms with Crippen LogP contribution in [-0.2, 0) is 0 Å². The van der Waals surface area contributed by atoms with Crippen molar-refractivity contribution in [2.24, 2.45) is 11.1 Å². The molecule has 1 rings (SSSR count). The summed E-state index contributed by atoms with van der Waals surface area (Å²) in [5.74, 6) is -0.911. The van der Waals surface area contributed by atoms with Crippen molar-refractivity contribution in [1.82, 2.24) is 0 Å². The van der Waals surface area contributed by atoms with Crippen LogP contribution in [-0.4, -0.2) is 11.1 Å². The SMILES string of the molecule is CC(C)(C)[C@@H](N)c1ccc(C(=O)O)cc1. The van der Waals surface area contributed by atoms with Crippen molar-refractivity contribution in [2.75, 3.05) is 0 Å². The first kappa shape index (κ1) is 11.7. The molecule has 0 radical (unpaired) electrons. The van der Waals surface area contributed by atoms with Gasteiger partial charge in [-0.15, -0.1) is 0 Å². The van der Waals surface area contributed by atoms with Crippen molar-refractivity contribution in [3.63, 3.8) is 0 Å². The molecule has 0 aliphatic carbocycles. The Morgan fingerprint density at radius 2 is 1.73 bits per heavy atom. The van der Waals surface area contributed by atoms with E-state index in [0.717, 1.165) is 5.56 Å². The van der Waals surface area contributed by atoms with Crippen LogP contribution in [0.4, 0.5) is 0 Å². The average molecular weight is 207 g/mol. The van der Waals surface area contributed by atoms with Crippen LogP contribution >= 0.6 is 0 Å². The molecule has 1 aromatic carbocycles. The normalized spacial score (nSPS) is 13.6. The van der Waals surface area contributed by atoms with Crippen LogP contribution in [0.25, 0.3) is 0 Å². The maximum Gasteiger partial charge on any atom is 0.335 e. The zero-order chi connectivity index (χ0) is 11.6. The molecule has 0 spiro atoms. The number of carbonyl (C=O) groups is 1. The largest absolute Gasteiger partial charge is 0.478 e. The van der Waals surface area contributed by atoms with Gasteiger partial charge in [0.1, 0.15) is 0 Å². The van der Waals surface area contributed by atoms with Gasteiger partial charge in [0.25, 0.3) is 0 Å². The molecule has 0 unspecified atom stereocenters. The van der Waals surface area contributed by atoms with E-state index in [4.69, 9.17) is 10.8 Å². The van der Waals surface area contributed by atoms with Gasteiger partial charge in [-0.2, -0.15) is 0 Å². The fourth-order valence-electron chi connectivity index (χ4n) is 1.33. The Morgan fingerprint density at radius 1 is 1.27 bits per heavy atom. The number of carboxylic acids is 1. The highest BCUT2D eigenvalue weighted by molar-refractivity contribution is 5.87. The second kappa shape index (κ2) is 4.03. The molecule has 0 saturated carbocycles. The lowest BCUT2D eigenvalue weighted by atomic mass is 9.83. The second-order valence-corrected chi connectivity index (χ2v) is 4.77. The molecule has 1 atom stereocenters. The maximum absolute atomic E-state index is 10.6. The summed E-state index contributed by atoms with van der Waals surface area (Å²) in [4.78, 5) is 10.6. The summed E-state index contributed by atoms with van der Waals surface area (Å²) in [5.41, 5.74) is 7.28. The molecule has 3 N–H and O–H groups in total. The zero-order valence-electron chi connectivity index (χ0n) is 9.32. The lowest BCUT2D eigenvalue weighted by molar-refractivity contribution is 0.0697. The summed E-state index contributed by atoms with van der Waals surface area (Å²) in [6.07, 6.45) is 0. The van der Waals surface area contributed by atoms with E-state index in [2.05, 4.69) is 20.8 Å². The third kappa shape index (κ3) is 2.80. The Morgan fingerprint density at radius 3 is 2.07 bits per heavy atom. The number of aromatic carboxylic acids is 1. The molecule has 15 heavy (non-hydrogen) atoms. The molecule has 3 heteroatoms. The van der Waals surface area contributed by atoms with Crippen molar-refractivity contribution >= 4 is 5.97 Å². The Balaban J connectivity index is 2.94. The van der Waals surface area contributed by atoms with Crippen molar-refractivity contribution in [2.45, 2.75) is 26.8 Å². The second-order valence-electron chi connectivity index (χ2n) is 4.77. The lowest BCUT2D eigenvalue weighted by Crippen LogP contribution is -2.26. The van der Waals surface area contributed by atoms with Crippen molar-refractivity contribution in [3.05, 3.63) is 35.4 Å². The molecule has 0 amide bonds. The number of hydrogen-bond acceptors (Lipinski definition) is 2. The number of hydrogen-bond donors (Lipinski definition) is 2. The molecule has 0 aliphatic heterocycles. The first-order chi connectivity index (χ1) is 6.82. The highest BCUT2D eigenvalue weighted by atomic mass is 16.4. The van der Waals surface area contributed by atoms with E-state index in [0.29, 0.717) is 5.56 Å². The van der Waals surface area contributed by atoms with Crippen LogP contribution in [0.5, 0.6) is 0 Å². The maximum atomic E-state index is 10.6. The Bertz CT molecular complexity index is 349. The molecule has 0 heterocycles. The van der Waals surface area contributed by atoms with Gasteiger partial charge in [-0.1, -0.05) is 32.9 Å². The van der Waals surface area contributed by atoms with Gasteiger partial charge in [0.05, 0.1) is 5.56 Å². The summed E-state index contributed by atoms with van der Waals surface area (Å²) in [6, 6.07) is 6.64. The average Bonchev–Trinajstić information content (AvgIpc) is 2.15. The highest BCUT2D eigenvalue weighted by Gasteiger charge is 2.22. The van der Waals surface area contributed by atoms with E-state index in [9.17, 15) is 4.79 Å². The molecule has 0 saturated heterocycles. The van der Waals surface area contributed by atoms with Crippen LogP contribution in [0.15, 0.2) is 24.3 Å². The van der Waals surface area contributed by atoms with Crippen LogP contribution in [0.3, 0.4) is 0 Å². The first-order valence-electron chi connectivity index (χ1n) is 4.91. The summed E-state index contributed by atoms with van der Waals surface area (Å²) in [5, 5.41) is 8.74. The third-order valence-electron chi connectivity index (χ3n) is 2.45.